The number of nitrogens with two attached hydrogens (primary N) is 1. The zero-order valence-corrected chi connectivity index (χ0v) is 11.8. The average molecular weight is 320 g/mol. The summed E-state index contributed by atoms with van der Waals surface area (Å²) in [7, 11) is 0. The number of halogens is 2. The van der Waals surface area contributed by atoms with Gasteiger partial charge in [-0.05, 0) is 18.1 Å². The standard InChI is InChI=1S/C12H15BrN2O.ClH/c13-11-4-2-1-3-9(11)7-12(16)15-6-5-10(14)8-15;/h1-4,10H,5-8,14H2;1H. The highest BCUT2D eigenvalue weighted by Crippen LogP contribution is 2.18. The molecule has 1 aliphatic heterocycles. The van der Waals surface area contributed by atoms with E-state index >= 15 is 0 Å². The summed E-state index contributed by atoms with van der Waals surface area (Å²) in [6.45, 7) is 1.49. The minimum atomic E-state index is 0. The first kappa shape index (κ1) is 14.5. The van der Waals surface area contributed by atoms with Crippen molar-refractivity contribution in [2.24, 2.45) is 5.73 Å². The number of likely N-dealkylation sites (tertiary alicyclic amines) is 1. The fraction of sp³-hybridized carbons (Fsp3) is 0.417. The maximum atomic E-state index is 12.0. The molecule has 1 aliphatic rings. The van der Waals surface area contributed by atoms with Gasteiger partial charge in [0.05, 0.1) is 6.42 Å². The second-order valence-electron chi connectivity index (χ2n) is 4.16. The van der Waals surface area contributed by atoms with Crippen LogP contribution in [-0.2, 0) is 11.2 Å². The molecule has 1 fully saturated rings. The number of carbonyl (C=O) groups excluding carboxylic acids is 1. The van der Waals surface area contributed by atoms with Gasteiger partial charge in [-0.15, -0.1) is 12.4 Å². The van der Waals surface area contributed by atoms with Crippen LogP contribution in [0.1, 0.15) is 12.0 Å². The third-order valence-corrected chi connectivity index (χ3v) is 3.65. The fourth-order valence-corrected chi connectivity index (χ4v) is 2.36. The van der Waals surface area contributed by atoms with E-state index in [-0.39, 0.29) is 24.4 Å². The second-order valence-corrected chi connectivity index (χ2v) is 5.01. The number of hydrogen-bond acceptors (Lipinski definition) is 2. The van der Waals surface area contributed by atoms with Crippen molar-refractivity contribution in [1.82, 2.24) is 4.90 Å². The third-order valence-electron chi connectivity index (χ3n) is 2.88. The van der Waals surface area contributed by atoms with E-state index in [4.69, 9.17) is 5.73 Å². The maximum absolute atomic E-state index is 12.0. The van der Waals surface area contributed by atoms with Gasteiger partial charge in [-0.2, -0.15) is 0 Å². The molecule has 0 radical (unpaired) electrons. The monoisotopic (exact) mass is 318 g/mol. The molecule has 5 heteroatoms. The fourth-order valence-electron chi connectivity index (χ4n) is 1.93. The Morgan fingerprint density at radius 1 is 1.47 bits per heavy atom. The van der Waals surface area contributed by atoms with Gasteiger partial charge < -0.3 is 10.6 Å². The molecule has 0 saturated carbocycles. The summed E-state index contributed by atoms with van der Waals surface area (Å²) in [6, 6.07) is 7.98. The van der Waals surface area contributed by atoms with Crippen molar-refractivity contribution in [3.63, 3.8) is 0 Å². The first-order valence-corrected chi connectivity index (χ1v) is 6.23. The topological polar surface area (TPSA) is 46.3 Å². The highest BCUT2D eigenvalue weighted by Gasteiger charge is 2.23. The summed E-state index contributed by atoms with van der Waals surface area (Å²) < 4.78 is 0.992. The van der Waals surface area contributed by atoms with Gasteiger partial charge in [-0.1, -0.05) is 34.1 Å². The Hall–Kier alpha value is -0.580. The summed E-state index contributed by atoms with van der Waals surface area (Å²) >= 11 is 3.45. The van der Waals surface area contributed by atoms with Gasteiger partial charge in [-0.3, -0.25) is 4.79 Å². The first-order valence-electron chi connectivity index (χ1n) is 5.43. The predicted molar refractivity (Wildman–Crippen MR) is 74.3 cm³/mol. The summed E-state index contributed by atoms with van der Waals surface area (Å²) in [5.41, 5.74) is 6.82. The van der Waals surface area contributed by atoms with Crippen molar-refractivity contribution in [2.75, 3.05) is 13.1 Å². The molecular formula is C12H16BrClN2O. The van der Waals surface area contributed by atoms with Crippen LogP contribution in [0, 0.1) is 0 Å². The molecule has 0 aromatic heterocycles. The van der Waals surface area contributed by atoms with E-state index in [0.717, 1.165) is 23.0 Å². The number of hydrogen-bond donors (Lipinski definition) is 1. The van der Waals surface area contributed by atoms with Crippen molar-refractivity contribution in [3.05, 3.63) is 34.3 Å². The first-order chi connectivity index (χ1) is 7.66. The largest absolute Gasteiger partial charge is 0.341 e. The van der Waals surface area contributed by atoms with Crippen LogP contribution < -0.4 is 5.73 Å². The van der Waals surface area contributed by atoms with Crippen molar-refractivity contribution >= 4 is 34.2 Å². The van der Waals surface area contributed by atoms with Crippen LogP contribution in [0.3, 0.4) is 0 Å². The molecule has 17 heavy (non-hydrogen) atoms. The zero-order valence-electron chi connectivity index (χ0n) is 9.43. The van der Waals surface area contributed by atoms with Crippen LogP contribution in [0.15, 0.2) is 28.7 Å². The van der Waals surface area contributed by atoms with Gasteiger partial charge in [0, 0.05) is 23.6 Å². The zero-order chi connectivity index (χ0) is 11.5. The van der Waals surface area contributed by atoms with Gasteiger partial charge in [0.2, 0.25) is 5.91 Å². The second kappa shape index (κ2) is 6.38. The molecule has 1 amide bonds. The predicted octanol–water partition coefficient (Wildman–Crippen LogP) is 1.97. The quantitative estimate of drug-likeness (QED) is 0.906. The SMILES string of the molecule is Cl.NC1CCN(C(=O)Cc2ccccc2Br)C1. The van der Waals surface area contributed by atoms with E-state index in [9.17, 15) is 4.79 Å². The van der Waals surface area contributed by atoms with Gasteiger partial charge in [0.1, 0.15) is 0 Å². The molecule has 1 heterocycles. The minimum absolute atomic E-state index is 0. The molecule has 3 nitrogen and oxygen atoms in total. The Morgan fingerprint density at radius 3 is 2.76 bits per heavy atom. The van der Waals surface area contributed by atoms with E-state index in [1.807, 2.05) is 29.2 Å². The lowest BCUT2D eigenvalue weighted by molar-refractivity contribution is -0.129. The highest BCUT2D eigenvalue weighted by atomic mass is 79.9. The van der Waals surface area contributed by atoms with Crippen LogP contribution in [0.5, 0.6) is 0 Å². The smallest absolute Gasteiger partial charge is 0.227 e. The summed E-state index contributed by atoms with van der Waals surface area (Å²) in [4.78, 5) is 13.8. The molecule has 2 rings (SSSR count). The maximum Gasteiger partial charge on any atom is 0.227 e. The van der Waals surface area contributed by atoms with Crippen LogP contribution in [0.25, 0.3) is 0 Å². The van der Waals surface area contributed by atoms with Gasteiger partial charge >= 0.3 is 0 Å². The van der Waals surface area contributed by atoms with E-state index in [2.05, 4.69) is 15.9 Å². The van der Waals surface area contributed by atoms with Crippen molar-refractivity contribution in [1.29, 1.82) is 0 Å². The van der Waals surface area contributed by atoms with Crippen LogP contribution in [0.2, 0.25) is 0 Å². The molecule has 1 aromatic carbocycles. The van der Waals surface area contributed by atoms with Crippen LogP contribution in [0.4, 0.5) is 0 Å². The van der Waals surface area contributed by atoms with Gasteiger partial charge in [0.15, 0.2) is 0 Å². The van der Waals surface area contributed by atoms with E-state index in [1.165, 1.54) is 0 Å². The number of nitrogens with zero attached hydrogens (tertiary/aromatic N) is 1. The Morgan fingerprint density at radius 2 is 2.18 bits per heavy atom. The minimum Gasteiger partial charge on any atom is -0.341 e. The molecule has 0 aliphatic carbocycles. The summed E-state index contributed by atoms with van der Waals surface area (Å²) in [5, 5.41) is 0. The normalized spacial score (nSPS) is 18.9. The van der Waals surface area contributed by atoms with Gasteiger partial charge in [-0.25, -0.2) is 0 Å². The van der Waals surface area contributed by atoms with Crippen molar-refractivity contribution < 1.29 is 4.79 Å². The Kier molecular flexibility index (Phi) is 5.43. The molecule has 1 aromatic rings. The number of carbonyl (C=O) groups is 1. The van der Waals surface area contributed by atoms with E-state index in [1.54, 1.807) is 0 Å². The van der Waals surface area contributed by atoms with Crippen molar-refractivity contribution in [2.45, 2.75) is 18.9 Å². The molecule has 94 valence electrons. The van der Waals surface area contributed by atoms with E-state index < -0.39 is 0 Å². The third kappa shape index (κ3) is 3.69. The van der Waals surface area contributed by atoms with Crippen LogP contribution in [-0.4, -0.2) is 29.9 Å². The van der Waals surface area contributed by atoms with Crippen molar-refractivity contribution in [3.8, 4) is 0 Å². The number of rotatable bonds is 2. The lowest BCUT2D eigenvalue weighted by Gasteiger charge is -2.16. The Bertz CT molecular complexity index is 400. The van der Waals surface area contributed by atoms with E-state index in [0.29, 0.717) is 13.0 Å². The number of benzene rings is 1. The molecule has 2 N–H and O–H groups in total. The molecule has 0 spiro atoms. The van der Waals surface area contributed by atoms with Crippen LogP contribution >= 0.6 is 28.3 Å². The average Bonchev–Trinajstić information content (AvgIpc) is 2.68. The lowest BCUT2D eigenvalue weighted by Crippen LogP contribution is -2.32. The number of amides is 1. The summed E-state index contributed by atoms with van der Waals surface area (Å²) in [6.07, 6.45) is 1.37. The molecule has 1 saturated heterocycles. The molecular weight excluding hydrogens is 304 g/mol. The Labute approximate surface area is 116 Å². The highest BCUT2D eigenvalue weighted by molar-refractivity contribution is 9.10. The summed E-state index contributed by atoms with van der Waals surface area (Å²) in [5.74, 6) is 0.167. The molecule has 1 unspecified atom stereocenters. The molecule has 0 bridgehead atoms. The van der Waals surface area contributed by atoms with Gasteiger partial charge in [0.25, 0.3) is 0 Å². The molecule has 1 atom stereocenters. The lowest BCUT2D eigenvalue weighted by atomic mass is 10.1. The Balaban J connectivity index is 0.00000144.